The Balaban J connectivity index is 0. The Kier molecular flexibility index (Phi) is 7.84. The number of hydrogen-bond donors (Lipinski definition) is 5. The third kappa shape index (κ3) is 41.6. The highest BCUT2D eigenvalue weighted by Gasteiger charge is 1.91. The van der Waals surface area contributed by atoms with Crippen LogP contribution >= 0.6 is 0 Å². The van der Waals surface area contributed by atoms with Crippen molar-refractivity contribution in [2.45, 2.75) is 6.04 Å². The highest BCUT2D eigenvalue weighted by Crippen LogP contribution is 1.66. The lowest BCUT2D eigenvalue weighted by atomic mass is 10.4. The SMILES string of the molecule is NC(CO)CO.O=S(=O)(O)O. The van der Waals surface area contributed by atoms with Crippen molar-refractivity contribution in [2.24, 2.45) is 5.73 Å². The molecule has 7 nitrogen and oxygen atoms in total. The van der Waals surface area contributed by atoms with E-state index in [0.717, 1.165) is 0 Å². The largest absolute Gasteiger partial charge is 0.395 e. The van der Waals surface area contributed by atoms with Crippen LogP contribution in [0.2, 0.25) is 0 Å². The predicted octanol–water partition coefficient (Wildman–Crippen LogP) is -2.35. The van der Waals surface area contributed by atoms with Crippen LogP contribution in [-0.4, -0.2) is 47.0 Å². The Labute approximate surface area is 64.0 Å². The Bertz CT molecular complexity index is 153. The van der Waals surface area contributed by atoms with E-state index in [4.69, 9.17) is 33.5 Å². The van der Waals surface area contributed by atoms with E-state index in [-0.39, 0.29) is 13.2 Å². The molecule has 70 valence electrons. The highest BCUT2D eigenvalue weighted by atomic mass is 32.3. The zero-order valence-corrected chi connectivity index (χ0v) is 6.40. The second-order valence-electron chi connectivity index (χ2n) is 1.57. The van der Waals surface area contributed by atoms with Gasteiger partial charge in [0.05, 0.1) is 19.3 Å². The second-order valence-corrected chi connectivity index (χ2v) is 2.47. The third-order valence-electron chi connectivity index (χ3n) is 0.469. The fraction of sp³-hybridized carbons (Fsp3) is 1.00. The Hall–Kier alpha value is -0.250. The quantitative estimate of drug-likeness (QED) is 0.306. The molecule has 0 saturated carbocycles. The lowest BCUT2D eigenvalue weighted by molar-refractivity contribution is 0.194. The minimum Gasteiger partial charge on any atom is -0.395 e. The summed E-state index contributed by atoms with van der Waals surface area (Å²) in [7, 11) is -4.67. The normalized spacial score (nSPS) is 10.7. The van der Waals surface area contributed by atoms with Crippen molar-refractivity contribution in [1.29, 1.82) is 0 Å². The van der Waals surface area contributed by atoms with E-state index in [0.29, 0.717) is 0 Å². The Morgan fingerprint density at radius 2 is 1.36 bits per heavy atom. The van der Waals surface area contributed by atoms with Crippen molar-refractivity contribution in [3.8, 4) is 0 Å². The van der Waals surface area contributed by atoms with E-state index in [2.05, 4.69) is 0 Å². The summed E-state index contributed by atoms with van der Waals surface area (Å²) in [5.41, 5.74) is 4.97. The molecular weight excluding hydrogens is 178 g/mol. The minimum absolute atomic E-state index is 0.142. The fourth-order valence-corrected chi connectivity index (χ4v) is 0.0577. The fourth-order valence-electron chi connectivity index (χ4n) is 0.0577. The van der Waals surface area contributed by atoms with Gasteiger partial charge in [-0.25, -0.2) is 0 Å². The Morgan fingerprint density at radius 3 is 1.36 bits per heavy atom. The van der Waals surface area contributed by atoms with Gasteiger partial charge in [0.1, 0.15) is 0 Å². The maximum Gasteiger partial charge on any atom is 0.394 e. The van der Waals surface area contributed by atoms with E-state index in [1.165, 1.54) is 0 Å². The summed E-state index contributed by atoms with van der Waals surface area (Å²) in [5.74, 6) is 0. The summed E-state index contributed by atoms with van der Waals surface area (Å²) >= 11 is 0. The Morgan fingerprint density at radius 1 is 1.18 bits per heavy atom. The average molecular weight is 189 g/mol. The average Bonchev–Trinajstić information content (AvgIpc) is 1.83. The summed E-state index contributed by atoms with van der Waals surface area (Å²) in [6.45, 7) is -0.285. The molecule has 0 heterocycles. The van der Waals surface area contributed by atoms with Crippen LogP contribution in [0.4, 0.5) is 0 Å². The van der Waals surface area contributed by atoms with Gasteiger partial charge in [0.2, 0.25) is 0 Å². The van der Waals surface area contributed by atoms with Crippen LogP contribution in [-0.2, 0) is 10.4 Å². The lowest BCUT2D eigenvalue weighted by Gasteiger charge is -1.98. The van der Waals surface area contributed by atoms with Gasteiger partial charge < -0.3 is 15.9 Å². The molecule has 8 heteroatoms. The zero-order valence-electron chi connectivity index (χ0n) is 5.58. The van der Waals surface area contributed by atoms with E-state index in [9.17, 15) is 0 Å². The van der Waals surface area contributed by atoms with Gasteiger partial charge in [-0.15, -0.1) is 0 Å². The molecule has 0 aliphatic carbocycles. The van der Waals surface area contributed by atoms with Gasteiger partial charge in [-0.05, 0) is 0 Å². The van der Waals surface area contributed by atoms with Gasteiger partial charge >= 0.3 is 10.4 Å². The van der Waals surface area contributed by atoms with Crippen LogP contribution in [0.25, 0.3) is 0 Å². The maximum atomic E-state index is 8.74. The molecule has 0 aliphatic rings. The molecule has 0 unspecified atom stereocenters. The van der Waals surface area contributed by atoms with Gasteiger partial charge in [0.15, 0.2) is 0 Å². The molecule has 0 aromatic rings. The first-order valence-electron chi connectivity index (χ1n) is 2.48. The number of aliphatic hydroxyl groups excluding tert-OH is 2. The van der Waals surface area contributed by atoms with Gasteiger partial charge in [-0.2, -0.15) is 8.42 Å². The molecule has 0 aromatic carbocycles. The summed E-state index contributed by atoms with van der Waals surface area (Å²) in [6, 6.07) is -0.454. The monoisotopic (exact) mass is 189 g/mol. The zero-order chi connectivity index (χ0) is 9.49. The lowest BCUT2D eigenvalue weighted by Crippen LogP contribution is -2.27. The van der Waals surface area contributed by atoms with E-state index < -0.39 is 16.4 Å². The molecule has 0 fully saturated rings. The molecule has 0 bridgehead atoms. The van der Waals surface area contributed by atoms with Crippen molar-refractivity contribution >= 4 is 10.4 Å². The van der Waals surface area contributed by atoms with E-state index >= 15 is 0 Å². The van der Waals surface area contributed by atoms with Crippen molar-refractivity contribution < 1.29 is 27.7 Å². The van der Waals surface area contributed by atoms with Crippen LogP contribution in [0, 0.1) is 0 Å². The second kappa shape index (κ2) is 6.46. The van der Waals surface area contributed by atoms with Gasteiger partial charge in [0, 0.05) is 0 Å². The number of hydrogen-bond acceptors (Lipinski definition) is 5. The maximum absolute atomic E-state index is 8.74. The molecule has 0 amide bonds. The van der Waals surface area contributed by atoms with Gasteiger partial charge in [0.25, 0.3) is 0 Å². The van der Waals surface area contributed by atoms with Crippen molar-refractivity contribution in [2.75, 3.05) is 13.2 Å². The van der Waals surface area contributed by atoms with E-state index in [1.54, 1.807) is 0 Å². The highest BCUT2D eigenvalue weighted by molar-refractivity contribution is 7.79. The topological polar surface area (TPSA) is 141 Å². The molecule has 0 saturated heterocycles. The van der Waals surface area contributed by atoms with Crippen LogP contribution in [0.15, 0.2) is 0 Å². The smallest absolute Gasteiger partial charge is 0.394 e. The van der Waals surface area contributed by atoms with E-state index in [1.807, 2.05) is 0 Å². The van der Waals surface area contributed by atoms with Crippen molar-refractivity contribution in [3.05, 3.63) is 0 Å². The molecular formula is C3H11NO6S. The predicted molar refractivity (Wildman–Crippen MR) is 36.3 cm³/mol. The number of aliphatic hydroxyl groups is 2. The van der Waals surface area contributed by atoms with Crippen LogP contribution < -0.4 is 5.73 Å². The van der Waals surface area contributed by atoms with Gasteiger partial charge in [-0.3, -0.25) is 9.11 Å². The van der Waals surface area contributed by atoms with Crippen LogP contribution in [0.5, 0.6) is 0 Å². The van der Waals surface area contributed by atoms with Crippen LogP contribution in [0.3, 0.4) is 0 Å². The first kappa shape index (κ1) is 13.3. The molecule has 6 N–H and O–H groups in total. The molecule has 0 aromatic heterocycles. The summed E-state index contributed by atoms with van der Waals surface area (Å²) in [5, 5.41) is 16.1. The summed E-state index contributed by atoms with van der Waals surface area (Å²) in [4.78, 5) is 0. The molecule has 0 radical (unpaired) electrons. The molecule has 0 rings (SSSR count). The van der Waals surface area contributed by atoms with Crippen LogP contribution in [0.1, 0.15) is 0 Å². The number of nitrogens with two attached hydrogens (primary N) is 1. The summed E-state index contributed by atoms with van der Waals surface area (Å²) in [6.07, 6.45) is 0. The van der Waals surface area contributed by atoms with Gasteiger partial charge in [-0.1, -0.05) is 0 Å². The first-order valence-corrected chi connectivity index (χ1v) is 3.88. The number of rotatable bonds is 2. The molecule has 0 aliphatic heterocycles. The third-order valence-corrected chi connectivity index (χ3v) is 0.469. The molecule has 0 atom stereocenters. The molecule has 0 spiro atoms. The first-order chi connectivity index (χ1) is 4.81. The molecule has 11 heavy (non-hydrogen) atoms. The standard InChI is InChI=1S/C3H9NO2.H2O4S/c4-3(1-5)2-6;1-5(2,3)4/h3,5-6H,1-2,4H2;(H2,1,2,3,4). The summed E-state index contributed by atoms with van der Waals surface area (Å²) < 4.78 is 31.6. The van der Waals surface area contributed by atoms with Crippen molar-refractivity contribution in [3.63, 3.8) is 0 Å². The minimum atomic E-state index is -4.67. The van der Waals surface area contributed by atoms with Crippen molar-refractivity contribution in [1.82, 2.24) is 0 Å².